The van der Waals surface area contributed by atoms with Crippen LogP contribution in [0.1, 0.15) is 59.3 Å². The molecule has 0 aromatic heterocycles. The summed E-state index contributed by atoms with van der Waals surface area (Å²) in [6, 6.07) is 0. The third kappa shape index (κ3) is 18.4. The summed E-state index contributed by atoms with van der Waals surface area (Å²) in [5, 5.41) is 0. The van der Waals surface area contributed by atoms with Crippen LogP contribution in [0.5, 0.6) is 0 Å². The van der Waals surface area contributed by atoms with Crippen molar-refractivity contribution < 1.29 is 17.2 Å². The molecule has 0 aromatic rings. The Morgan fingerprint density at radius 1 is 1.00 bits per heavy atom. The molecule has 0 aliphatic carbocycles. The molecule has 0 aromatic carbocycles. The van der Waals surface area contributed by atoms with Gasteiger partial charge in [-0.1, -0.05) is 46.5 Å². The van der Waals surface area contributed by atoms with Crippen LogP contribution < -0.4 is 6.15 Å². The van der Waals surface area contributed by atoms with Gasteiger partial charge in [-0.3, -0.25) is 4.18 Å². The highest BCUT2D eigenvalue weighted by atomic mass is 32.3. The Morgan fingerprint density at radius 2 is 1.47 bits per heavy atom. The van der Waals surface area contributed by atoms with E-state index in [0.29, 0.717) is 11.8 Å². The second kappa shape index (κ2) is 8.85. The van der Waals surface area contributed by atoms with Crippen molar-refractivity contribution in [1.82, 2.24) is 6.15 Å². The third-order valence-corrected chi connectivity index (χ3v) is 2.75. The molecule has 0 unspecified atom stereocenters. The minimum Gasteiger partial charge on any atom is -0.726 e. The first kappa shape index (κ1) is 19.2. The van der Waals surface area contributed by atoms with Gasteiger partial charge in [-0.15, -0.1) is 0 Å². The fourth-order valence-electron chi connectivity index (χ4n) is 1.45. The van der Waals surface area contributed by atoms with Crippen molar-refractivity contribution in [1.29, 1.82) is 0 Å². The Hall–Kier alpha value is -0.170. The first-order valence-corrected chi connectivity index (χ1v) is 7.14. The molecule has 0 amide bonds. The highest BCUT2D eigenvalue weighted by Crippen LogP contribution is 2.22. The lowest BCUT2D eigenvalue weighted by atomic mass is 9.89. The number of hydrogen-bond donors (Lipinski definition) is 1. The molecule has 0 aliphatic heterocycles. The maximum Gasteiger partial charge on any atom is 0.217 e. The summed E-state index contributed by atoms with van der Waals surface area (Å²) < 4.78 is 34.4. The first-order chi connectivity index (χ1) is 7.21. The Labute approximate surface area is 105 Å². The summed E-state index contributed by atoms with van der Waals surface area (Å²) in [5.74, 6) is 0. The van der Waals surface area contributed by atoms with Gasteiger partial charge in [0.1, 0.15) is 0 Å². The Balaban J connectivity index is 0. The zero-order valence-corrected chi connectivity index (χ0v) is 12.3. The van der Waals surface area contributed by atoms with Crippen molar-refractivity contribution in [3.8, 4) is 0 Å². The molecule has 0 saturated carbocycles. The quantitative estimate of drug-likeness (QED) is 0.415. The van der Waals surface area contributed by atoms with Crippen LogP contribution in [-0.2, 0) is 14.6 Å². The molecule has 0 heterocycles. The topological polar surface area (TPSA) is 103 Å². The maximum atomic E-state index is 10.1. The van der Waals surface area contributed by atoms with E-state index in [4.69, 9.17) is 0 Å². The van der Waals surface area contributed by atoms with Gasteiger partial charge in [0, 0.05) is 0 Å². The molecule has 0 spiro atoms. The maximum absolute atomic E-state index is 10.1. The van der Waals surface area contributed by atoms with Crippen LogP contribution in [0, 0.1) is 5.41 Å². The van der Waals surface area contributed by atoms with E-state index >= 15 is 0 Å². The molecular formula is C11H27NO4S. The molecule has 0 atom stereocenters. The summed E-state index contributed by atoms with van der Waals surface area (Å²) >= 11 is 0. The second-order valence-corrected chi connectivity index (χ2v) is 6.36. The lowest BCUT2D eigenvalue weighted by molar-refractivity contribution is 0.254. The van der Waals surface area contributed by atoms with Gasteiger partial charge in [0.25, 0.3) is 0 Å². The molecule has 0 bridgehead atoms. The second-order valence-electron chi connectivity index (χ2n) is 5.31. The third-order valence-electron chi connectivity index (χ3n) is 2.30. The summed E-state index contributed by atoms with van der Waals surface area (Å²) in [6.45, 7) is 6.69. The van der Waals surface area contributed by atoms with Crippen LogP contribution in [-0.4, -0.2) is 19.6 Å². The van der Waals surface area contributed by atoms with E-state index < -0.39 is 10.4 Å². The number of rotatable bonds is 8. The van der Waals surface area contributed by atoms with Crippen molar-refractivity contribution in [2.24, 2.45) is 5.41 Å². The van der Waals surface area contributed by atoms with Gasteiger partial charge < -0.3 is 10.7 Å². The van der Waals surface area contributed by atoms with E-state index in [0.717, 1.165) is 19.3 Å². The average molecular weight is 269 g/mol. The van der Waals surface area contributed by atoms with Crippen LogP contribution >= 0.6 is 0 Å². The molecule has 106 valence electrons. The monoisotopic (exact) mass is 269 g/mol. The summed E-state index contributed by atoms with van der Waals surface area (Å²) in [6.07, 6.45) is 6.18. The van der Waals surface area contributed by atoms with Crippen LogP contribution in [0.15, 0.2) is 0 Å². The first-order valence-electron chi connectivity index (χ1n) is 5.81. The van der Waals surface area contributed by atoms with E-state index in [1.807, 2.05) is 0 Å². The van der Waals surface area contributed by atoms with E-state index in [1.54, 1.807) is 0 Å². The summed E-state index contributed by atoms with van der Waals surface area (Å²) in [4.78, 5) is 0. The van der Waals surface area contributed by atoms with E-state index in [9.17, 15) is 13.0 Å². The minimum atomic E-state index is -4.49. The largest absolute Gasteiger partial charge is 0.726 e. The van der Waals surface area contributed by atoms with Gasteiger partial charge >= 0.3 is 0 Å². The zero-order valence-electron chi connectivity index (χ0n) is 11.5. The van der Waals surface area contributed by atoms with Gasteiger partial charge in [0.2, 0.25) is 10.4 Å². The lowest BCUT2D eigenvalue weighted by Crippen LogP contribution is -2.05. The predicted octanol–water partition coefficient (Wildman–Crippen LogP) is 3.23. The smallest absolute Gasteiger partial charge is 0.217 e. The van der Waals surface area contributed by atoms with Gasteiger partial charge in [0.15, 0.2) is 0 Å². The van der Waals surface area contributed by atoms with Crippen LogP contribution in [0.4, 0.5) is 0 Å². The molecule has 0 radical (unpaired) electrons. The normalized spacial score (nSPS) is 12.2. The van der Waals surface area contributed by atoms with E-state index in [-0.39, 0.29) is 12.8 Å². The molecule has 0 aliphatic rings. The van der Waals surface area contributed by atoms with Gasteiger partial charge in [-0.25, -0.2) is 8.42 Å². The molecular weight excluding hydrogens is 242 g/mol. The number of hydrogen-bond acceptors (Lipinski definition) is 4. The Bertz CT molecular complexity index is 270. The summed E-state index contributed by atoms with van der Waals surface area (Å²) in [5.41, 5.74) is 0.389. The number of unbranched alkanes of at least 4 members (excludes halogenated alkanes) is 4. The molecule has 0 saturated heterocycles. The molecule has 5 nitrogen and oxygen atoms in total. The minimum absolute atomic E-state index is 0. The van der Waals surface area contributed by atoms with E-state index in [2.05, 4.69) is 25.0 Å². The highest BCUT2D eigenvalue weighted by molar-refractivity contribution is 7.80. The SMILES string of the molecule is CC(C)(C)CCCCCCCOS(=O)(=O)[O-].[NH4+]. The van der Waals surface area contributed by atoms with Crippen molar-refractivity contribution in [2.45, 2.75) is 59.3 Å². The van der Waals surface area contributed by atoms with Crippen LogP contribution in [0.25, 0.3) is 0 Å². The fraction of sp³-hybridized carbons (Fsp3) is 1.00. The molecule has 4 N–H and O–H groups in total. The van der Waals surface area contributed by atoms with Crippen molar-refractivity contribution in [3.05, 3.63) is 0 Å². The Kier molecular flexibility index (Phi) is 9.99. The van der Waals surface area contributed by atoms with Gasteiger partial charge in [0.05, 0.1) is 6.61 Å². The van der Waals surface area contributed by atoms with Crippen molar-refractivity contribution in [3.63, 3.8) is 0 Å². The number of quaternary nitrogens is 1. The lowest BCUT2D eigenvalue weighted by Gasteiger charge is -2.17. The molecule has 6 heteroatoms. The fourth-order valence-corrected chi connectivity index (χ4v) is 1.77. The van der Waals surface area contributed by atoms with Crippen molar-refractivity contribution in [2.75, 3.05) is 6.61 Å². The van der Waals surface area contributed by atoms with Crippen molar-refractivity contribution >= 4 is 10.4 Å². The highest BCUT2D eigenvalue weighted by Gasteiger charge is 2.08. The van der Waals surface area contributed by atoms with Crippen LogP contribution in [0.3, 0.4) is 0 Å². The average Bonchev–Trinajstić information content (AvgIpc) is 2.06. The Morgan fingerprint density at radius 3 is 1.94 bits per heavy atom. The molecule has 0 fully saturated rings. The van der Waals surface area contributed by atoms with E-state index in [1.165, 1.54) is 12.8 Å². The summed E-state index contributed by atoms with van der Waals surface area (Å²) in [7, 11) is -4.49. The zero-order chi connectivity index (χ0) is 12.7. The molecule has 0 rings (SSSR count). The van der Waals surface area contributed by atoms with Crippen LogP contribution in [0.2, 0.25) is 0 Å². The van der Waals surface area contributed by atoms with Gasteiger partial charge in [-0.2, -0.15) is 0 Å². The van der Waals surface area contributed by atoms with Gasteiger partial charge in [-0.05, 0) is 18.3 Å². The predicted molar refractivity (Wildman–Crippen MR) is 68.8 cm³/mol. The standard InChI is InChI=1S/C11H24O4S.H3N/c1-11(2,3)9-7-5-4-6-8-10-15-16(12,13)14;/h4-10H2,1-3H3,(H,12,13,14);1H3. The molecule has 17 heavy (non-hydrogen) atoms.